The molecule has 0 N–H and O–H groups in total. The van der Waals surface area contributed by atoms with Crippen LogP contribution in [0.25, 0.3) is 0 Å². The Kier molecular flexibility index (Phi) is 4.57. The molecule has 0 bridgehead atoms. The van der Waals surface area contributed by atoms with Gasteiger partial charge in [0.15, 0.2) is 0 Å². The highest BCUT2D eigenvalue weighted by molar-refractivity contribution is 5.38. The fourth-order valence-corrected chi connectivity index (χ4v) is 3.33. The molecule has 23 heavy (non-hydrogen) atoms. The lowest BCUT2D eigenvalue weighted by Crippen LogP contribution is -2.28. The Labute approximate surface area is 135 Å². The number of nitro groups is 1. The summed E-state index contributed by atoms with van der Waals surface area (Å²) >= 11 is 0. The first-order valence-corrected chi connectivity index (χ1v) is 7.71. The molecule has 2 atom stereocenters. The zero-order valence-corrected chi connectivity index (χ0v) is 13.1. The van der Waals surface area contributed by atoms with Crippen molar-refractivity contribution in [3.8, 4) is 5.75 Å². The fraction of sp³-hybridized carbons (Fsp3) is 0.333. The standard InChI is InChI=1S/C18H20N2O3/c1-23-18-10-6-5-9-15(18)16-12-19(13-17(16)20(21)22)11-14-7-3-2-4-8-14/h2-10,16-17H,11-13H2,1H3. The van der Waals surface area contributed by atoms with Crippen molar-refractivity contribution in [2.24, 2.45) is 0 Å². The summed E-state index contributed by atoms with van der Waals surface area (Å²) in [5.41, 5.74) is 2.10. The van der Waals surface area contributed by atoms with Crippen molar-refractivity contribution in [1.29, 1.82) is 0 Å². The van der Waals surface area contributed by atoms with Gasteiger partial charge in [-0.05, 0) is 11.6 Å². The summed E-state index contributed by atoms with van der Waals surface area (Å²) in [7, 11) is 1.61. The van der Waals surface area contributed by atoms with Gasteiger partial charge in [-0.25, -0.2) is 0 Å². The molecule has 5 nitrogen and oxygen atoms in total. The Hall–Kier alpha value is -2.40. The lowest BCUT2D eigenvalue weighted by atomic mass is 9.94. The fourth-order valence-electron chi connectivity index (χ4n) is 3.33. The molecule has 5 heteroatoms. The third-order valence-electron chi connectivity index (χ3n) is 4.42. The third kappa shape index (κ3) is 3.35. The normalized spacial score (nSPS) is 21.3. The van der Waals surface area contributed by atoms with E-state index in [1.165, 1.54) is 5.56 Å². The van der Waals surface area contributed by atoms with Gasteiger partial charge in [0.1, 0.15) is 5.75 Å². The average molecular weight is 312 g/mol. The van der Waals surface area contributed by atoms with Crippen LogP contribution in [0.1, 0.15) is 17.0 Å². The van der Waals surface area contributed by atoms with Crippen LogP contribution in [-0.2, 0) is 6.54 Å². The minimum Gasteiger partial charge on any atom is -0.496 e. The first kappa shape index (κ1) is 15.5. The van der Waals surface area contributed by atoms with Crippen LogP contribution in [0, 0.1) is 10.1 Å². The largest absolute Gasteiger partial charge is 0.496 e. The second kappa shape index (κ2) is 6.79. The zero-order valence-electron chi connectivity index (χ0n) is 13.1. The maximum absolute atomic E-state index is 11.5. The molecule has 1 aliphatic heterocycles. The van der Waals surface area contributed by atoms with Crippen LogP contribution < -0.4 is 4.74 Å². The molecule has 1 aliphatic rings. The number of nitrogens with zero attached hydrogens (tertiary/aromatic N) is 2. The molecule has 0 saturated carbocycles. The van der Waals surface area contributed by atoms with E-state index in [2.05, 4.69) is 17.0 Å². The molecule has 2 unspecified atom stereocenters. The monoisotopic (exact) mass is 312 g/mol. The summed E-state index contributed by atoms with van der Waals surface area (Å²) in [4.78, 5) is 13.5. The van der Waals surface area contributed by atoms with Gasteiger partial charge in [0.05, 0.1) is 19.6 Å². The maximum Gasteiger partial charge on any atom is 0.233 e. The van der Waals surface area contributed by atoms with E-state index in [0.29, 0.717) is 13.1 Å². The molecule has 0 amide bonds. The Morgan fingerprint density at radius 3 is 2.52 bits per heavy atom. The molecule has 0 radical (unpaired) electrons. The average Bonchev–Trinajstić information content (AvgIpc) is 2.99. The van der Waals surface area contributed by atoms with Crippen molar-refractivity contribution in [3.63, 3.8) is 0 Å². The number of rotatable bonds is 5. The van der Waals surface area contributed by atoms with Crippen LogP contribution in [0.15, 0.2) is 54.6 Å². The van der Waals surface area contributed by atoms with Gasteiger partial charge in [-0.2, -0.15) is 0 Å². The summed E-state index contributed by atoms with van der Waals surface area (Å²) in [6.45, 7) is 1.86. The van der Waals surface area contributed by atoms with Crippen LogP contribution in [0.3, 0.4) is 0 Å². The SMILES string of the molecule is COc1ccccc1C1CN(Cc2ccccc2)CC1[N+](=O)[O-]. The Balaban J connectivity index is 1.83. The molecule has 1 heterocycles. The number of ether oxygens (including phenoxy) is 1. The van der Waals surface area contributed by atoms with Crippen LogP contribution in [-0.4, -0.2) is 36.1 Å². The highest BCUT2D eigenvalue weighted by Gasteiger charge is 2.42. The van der Waals surface area contributed by atoms with E-state index in [1.54, 1.807) is 7.11 Å². The summed E-state index contributed by atoms with van der Waals surface area (Å²) in [6.07, 6.45) is 0. The Morgan fingerprint density at radius 2 is 1.83 bits per heavy atom. The lowest BCUT2D eigenvalue weighted by molar-refractivity contribution is -0.521. The second-order valence-corrected chi connectivity index (χ2v) is 5.88. The maximum atomic E-state index is 11.5. The Bertz CT molecular complexity index is 675. The van der Waals surface area contributed by atoms with E-state index in [9.17, 15) is 10.1 Å². The molecule has 1 fully saturated rings. The highest BCUT2D eigenvalue weighted by atomic mass is 16.6. The van der Waals surface area contributed by atoms with E-state index < -0.39 is 6.04 Å². The van der Waals surface area contributed by atoms with Gasteiger partial charge in [-0.3, -0.25) is 15.0 Å². The summed E-state index contributed by atoms with van der Waals surface area (Å²) in [5.74, 6) is 0.579. The molecule has 0 aliphatic carbocycles. The van der Waals surface area contributed by atoms with Crippen LogP contribution in [0.5, 0.6) is 5.75 Å². The molecule has 0 aromatic heterocycles. The first-order chi connectivity index (χ1) is 11.2. The number of benzene rings is 2. The molecule has 120 valence electrons. The van der Waals surface area contributed by atoms with E-state index in [1.807, 2.05) is 42.5 Å². The molecule has 2 aromatic rings. The van der Waals surface area contributed by atoms with Crippen LogP contribution in [0.4, 0.5) is 0 Å². The minimum atomic E-state index is -0.602. The van der Waals surface area contributed by atoms with E-state index in [-0.39, 0.29) is 10.8 Å². The van der Waals surface area contributed by atoms with Crippen molar-refractivity contribution in [2.75, 3.05) is 20.2 Å². The zero-order chi connectivity index (χ0) is 16.2. The van der Waals surface area contributed by atoms with Crippen molar-refractivity contribution in [1.82, 2.24) is 4.90 Å². The summed E-state index contributed by atoms with van der Waals surface area (Å²) in [6, 6.07) is 17.1. The quantitative estimate of drug-likeness (QED) is 0.629. The Morgan fingerprint density at radius 1 is 1.13 bits per heavy atom. The van der Waals surface area contributed by atoms with Gasteiger partial charge in [-0.1, -0.05) is 48.5 Å². The highest BCUT2D eigenvalue weighted by Crippen LogP contribution is 2.35. The van der Waals surface area contributed by atoms with Crippen molar-refractivity contribution in [2.45, 2.75) is 18.5 Å². The topological polar surface area (TPSA) is 55.6 Å². The predicted molar refractivity (Wildman–Crippen MR) is 88.2 cm³/mol. The molecular formula is C18H20N2O3. The lowest BCUT2D eigenvalue weighted by Gasteiger charge is -2.17. The molecular weight excluding hydrogens is 292 g/mol. The molecule has 3 rings (SSSR count). The van der Waals surface area contributed by atoms with E-state index in [4.69, 9.17) is 4.74 Å². The number of para-hydroxylation sites is 1. The summed E-state index contributed by atoms with van der Waals surface area (Å²) in [5, 5.41) is 11.5. The first-order valence-electron chi connectivity index (χ1n) is 7.71. The summed E-state index contributed by atoms with van der Waals surface area (Å²) < 4.78 is 5.40. The number of hydrogen-bond donors (Lipinski definition) is 0. The van der Waals surface area contributed by atoms with Gasteiger partial charge < -0.3 is 4.74 Å². The van der Waals surface area contributed by atoms with Crippen molar-refractivity contribution < 1.29 is 9.66 Å². The van der Waals surface area contributed by atoms with Gasteiger partial charge in [-0.15, -0.1) is 0 Å². The van der Waals surface area contributed by atoms with Gasteiger partial charge in [0.2, 0.25) is 6.04 Å². The second-order valence-electron chi connectivity index (χ2n) is 5.88. The van der Waals surface area contributed by atoms with E-state index >= 15 is 0 Å². The van der Waals surface area contributed by atoms with Gasteiger partial charge in [0.25, 0.3) is 0 Å². The van der Waals surface area contributed by atoms with Gasteiger partial charge >= 0.3 is 0 Å². The molecule has 1 saturated heterocycles. The number of likely N-dealkylation sites (tertiary alicyclic amines) is 1. The van der Waals surface area contributed by atoms with Crippen molar-refractivity contribution >= 4 is 0 Å². The smallest absolute Gasteiger partial charge is 0.233 e. The van der Waals surface area contributed by atoms with E-state index in [0.717, 1.165) is 17.9 Å². The predicted octanol–water partition coefficient (Wildman–Crippen LogP) is 2.94. The minimum absolute atomic E-state index is 0.148. The number of hydrogen-bond acceptors (Lipinski definition) is 4. The van der Waals surface area contributed by atoms with Crippen molar-refractivity contribution in [3.05, 3.63) is 75.8 Å². The van der Waals surface area contributed by atoms with Crippen LogP contribution in [0.2, 0.25) is 0 Å². The van der Waals surface area contributed by atoms with Gasteiger partial charge in [0, 0.05) is 23.6 Å². The van der Waals surface area contributed by atoms with Crippen LogP contribution >= 0.6 is 0 Å². The molecule has 0 spiro atoms. The number of methoxy groups -OCH3 is 1. The third-order valence-corrected chi connectivity index (χ3v) is 4.42. The molecule has 2 aromatic carbocycles.